The summed E-state index contributed by atoms with van der Waals surface area (Å²) in [5, 5.41) is 4.99. The number of amides is 3. The summed E-state index contributed by atoms with van der Waals surface area (Å²) >= 11 is 0. The maximum atomic E-state index is 12.9. The second-order valence-electron chi connectivity index (χ2n) is 7.83. The van der Waals surface area contributed by atoms with E-state index in [1.807, 2.05) is 78.9 Å². The minimum absolute atomic E-state index is 0.224. The lowest BCUT2D eigenvalue weighted by Gasteiger charge is -2.12. The molecule has 0 aromatic heterocycles. The van der Waals surface area contributed by atoms with E-state index in [2.05, 4.69) is 23.5 Å². The predicted molar refractivity (Wildman–Crippen MR) is 128 cm³/mol. The van der Waals surface area contributed by atoms with Gasteiger partial charge in [-0.3, -0.25) is 9.69 Å². The number of benzene rings is 4. The molecule has 4 aromatic rings. The Hall–Kier alpha value is -4.38. The molecule has 1 N–H and O–H groups in total. The van der Waals surface area contributed by atoms with Crippen LogP contribution in [0.5, 0.6) is 5.75 Å². The Balaban J connectivity index is 1.36. The highest BCUT2D eigenvalue weighted by Gasteiger charge is 2.33. The highest BCUT2D eigenvalue weighted by molar-refractivity contribution is 6.14. The van der Waals surface area contributed by atoms with Crippen LogP contribution in [-0.4, -0.2) is 16.8 Å². The Morgan fingerprint density at radius 1 is 0.788 bits per heavy atom. The van der Waals surface area contributed by atoms with E-state index in [0.29, 0.717) is 12.4 Å². The van der Waals surface area contributed by atoms with Crippen molar-refractivity contribution in [2.24, 2.45) is 0 Å². The largest absolute Gasteiger partial charge is 0.488 e. The SMILES string of the molecule is O=C1N/C(=C\c2ccccc2OCc2cccc3ccccc23)C(=O)N1Cc1ccccc1. The molecule has 0 saturated carbocycles. The van der Waals surface area contributed by atoms with Crippen molar-refractivity contribution in [3.05, 3.63) is 119 Å². The number of carbonyl (C=O) groups is 2. The topological polar surface area (TPSA) is 58.6 Å². The quantitative estimate of drug-likeness (QED) is 0.321. The summed E-state index contributed by atoms with van der Waals surface area (Å²) in [7, 11) is 0. The Bertz CT molecular complexity index is 1360. The molecule has 4 aromatic carbocycles. The zero-order valence-electron chi connectivity index (χ0n) is 17.9. The van der Waals surface area contributed by atoms with E-state index in [9.17, 15) is 9.59 Å². The van der Waals surface area contributed by atoms with Crippen LogP contribution in [0.1, 0.15) is 16.7 Å². The summed E-state index contributed by atoms with van der Waals surface area (Å²) in [6.45, 7) is 0.615. The van der Waals surface area contributed by atoms with E-state index >= 15 is 0 Å². The van der Waals surface area contributed by atoms with Crippen molar-refractivity contribution in [2.75, 3.05) is 0 Å². The fourth-order valence-electron chi connectivity index (χ4n) is 3.94. The smallest absolute Gasteiger partial charge is 0.329 e. The van der Waals surface area contributed by atoms with Crippen molar-refractivity contribution in [1.29, 1.82) is 0 Å². The standard InChI is InChI=1S/C28H22N2O3/c31-27-25(29-28(32)30(27)18-20-9-2-1-3-10-20)17-22-12-5-7-16-26(22)33-19-23-14-8-13-21-11-4-6-15-24(21)23/h1-17H,18-19H2,(H,29,32)/b25-17-. The van der Waals surface area contributed by atoms with Gasteiger partial charge in [-0.15, -0.1) is 0 Å². The van der Waals surface area contributed by atoms with Gasteiger partial charge in [-0.1, -0.05) is 91.0 Å². The van der Waals surface area contributed by atoms with Gasteiger partial charge >= 0.3 is 6.03 Å². The first-order chi connectivity index (χ1) is 16.2. The molecule has 0 bridgehead atoms. The van der Waals surface area contributed by atoms with Crippen molar-refractivity contribution >= 4 is 28.8 Å². The number of para-hydroxylation sites is 1. The van der Waals surface area contributed by atoms with E-state index in [0.717, 1.165) is 27.5 Å². The molecule has 33 heavy (non-hydrogen) atoms. The minimum atomic E-state index is -0.427. The average molecular weight is 434 g/mol. The maximum absolute atomic E-state index is 12.9. The lowest BCUT2D eigenvalue weighted by molar-refractivity contribution is -0.123. The summed E-state index contributed by atoms with van der Waals surface area (Å²) in [4.78, 5) is 26.5. The molecule has 1 heterocycles. The fourth-order valence-corrected chi connectivity index (χ4v) is 3.94. The fraction of sp³-hybridized carbons (Fsp3) is 0.0714. The molecule has 1 fully saturated rings. The molecule has 162 valence electrons. The van der Waals surface area contributed by atoms with Gasteiger partial charge < -0.3 is 10.1 Å². The number of ether oxygens (including phenoxy) is 1. The van der Waals surface area contributed by atoms with Gasteiger partial charge in [0.05, 0.1) is 6.54 Å². The Morgan fingerprint density at radius 3 is 2.39 bits per heavy atom. The van der Waals surface area contributed by atoms with Crippen LogP contribution in [0.4, 0.5) is 4.79 Å². The average Bonchev–Trinajstić information content (AvgIpc) is 3.11. The van der Waals surface area contributed by atoms with Crippen LogP contribution >= 0.6 is 0 Å². The zero-order valence-corrected chi connectivity index (χ0v) is 17.9. The summed E-state index contributed by atoms with van der Waals surface area (Å²) < 4.78 is 6.14. The van der Waals surface area contributed by atoms with Gasteiger partial charge in [-0.05, 0) is 34.0 Å². The molecule has 1 saturated heterocycles. The lowest BCUT2D eigenvalue weighted by Crippen LogP contribution is -2.30. The van der Waals surface area contributed by atoms with Gasteiger partial charge in [-0.25, -0.2) is 4.79 Å². The highest BCUT2D eigenvalue weighted by Crippen LogP contribution is 2.26. The van der Waals surface area contributed by atoms with Gasteiger partial charge in [0.15, 0.2) is 0 Å². The van der Waals surface area contributed by atoms with Crippen LogP contribution in [0, 0.1) is 0 Å². The summed E-state index contributed by atoms with van der Waals surface area (Å²) in [5.41, 5.74) is 2.93. The molecule has 0 spiro atoms. The third kappa shape index (κ3) is 4.34. The Kier molecular flexibility index (Phi) is 5.60. The van der Waals surface area contributed by atoms with Crippen LogP contribution in [-0.2, 0) is 17.9 Å². The number of urea groups is 1. The molecule has 0 unspecified atom stereocenters. The van der Waals surface area contributed by atoms with Gasteiger partial charge in [0.1, 0.15) is 18.1 Å². The van der Waals surface area contributed by atoms with Gasteiger partial charge in [0.25, 0.3) is 5.91 Å². The molecular formula is C28H22N2O3. The molecule has 1 aliphatic rings. The Labute approximate surface area is 191 Å². The van der Waals surface area contributed by atoms with E-state index in [4.69, 9.17) is 4.74 Å². The van der Waals surface area contributed by atoms with Crippen molar-refractivity contribution in [1.82, 2.24) is 10.2 Å². The second-order valence-corrected chi connectivity index (χ2v) is 7.83. The summed E-state index contributed by atoms with van der Waals surface area (Å²) in [5.74, 6) is 0.286. The molecule has 3 amide bonds. The van der Waals surface area contributed by atoms with Crippen LogP contribution in [0.15, 0.2) is 103 Å². The van der Waals surface area contributed by atoms with Gasteiger partial charge in [0, 0.05) is 5.56 Å². The van der Waals surface area contributed by atoms with E-state index < -0.39 is 6.03 Å². The predicted octanol–water partition coefficient (Wildman–Crippen LogP) is 5.51. The first-order valence-electron chi connectivity index (χ1n) is 10.8. The number of hydrogen-bond donors (Lipinski definition) is 1. The molecule has 0 radical (unpaired) electrons. The molecule has 0 atom stereocenters. The monoisotopic (exact) mass is 434 g/mol. The third-order valence-corrected chi connectivity index (χ3v) is 5.63. The number of imide groups is 1. The van der Waals surface area contributed by atoms with Gasteiger partial charge in [-0.2, -0.15) is 0 Å². The first kappa shape index (κ1) is 20.5. The number of carbonyl (C=O) groups excluding carboxylic acids is 2. The molecule has 5 nitrogen and oxygen atoms in total. The van der Waals surface area contributed by atoms with E-state index in [-0.39, 0.29) is 18.1 Å². The van der Waals surface area contributed by atoms with E-state index in [1.54, 1.807) is 6.08 Å². The van der Waals surface area contributed by atoms with Gasteiger partial charge in [0.2, 0.25) is 0 Å². The van der Waals surface area contributed by atoms with Crippen LogP contribution in [0.2, 0.25) is 0 Å². The number of hydrogen-bond acceptors (Lipinski definition) is 3. The maximum Gasteiger partial charge on any atom is 0.329 e. The normalized spacial score (nSPS) is 14.7. The molecule has 5 heteroatoms. The summed E-state index contributed by atoms with van der Waals surface area (Å²) in [6.07, 6.45) is 1.67. The zero-order chi connectivity index (χ0) is 22.6. The highest BCUT2D eigenvalue weighted by atomic mass is 16.5. The van der Waals surface area contributed by atoms with Crippen LogP contribution in [0.25, 0.3) is 16.8 Å². The number of nitrogens with zero attached hydrogens (tertiary/aromatic N) is 1. The summed E-state index contributed by atoms with van der Waals surface area (Å²) in [6, 6.07) is 30.8. The van der Waals surface area contributed by atoms with Crippen molar-refractivity contribution < 1.29 is 14.3 Å². The first-order valence-corrected chi connectivity index (χ1v) is 10.8. The van der Waals surface area contributed by atoms with Crippen LogP contribution in [0.3, 0.4) is 0 Å². The Morgan fingerprint density at radius 2 is 1.52 bits per heavy atom. The minimum Gasteiger partial charge on any atom is -0.488 e. The molecule has 5 rings (SSSR count). The second kappa shape index (κ2) is 9.01. The number of rotatable bonds is 6. The van der Waals surface area contributed by atoms with Crippen LogP contribution < -0.4 is 10.1 Å². The van der Waals surface area contributed by atoms with Crippen molar-refractivity contribution in [3.63, 3.8) is 0 Å². The number of fused-ring (bicyclic) bond motifs is 1. The lowest BCUT2D eigenvalue weighted by atomic mass is 10.1. The number of nitrogens with one attached hydrogen (secondary N) is 1. The third-order valence-electron chi connectivity index (χ3n) is 5.63. The molecule has 0 aliphatic carbocycles. The van der Waals surface area contributed by atoms with Crippen molar-refractivity contribution in [3.8, 4) is 5.75 Å². The molecular weight excluding hydrogens is 412 g/mol. The van der Waals surface area contributed by atoms with E-state index in [1.165, 1.54) is 4.90 Å². The molecule has 1 aliphatic heterocycles. The van der Waals surface area contributed by atoms with Crippen molar-refractivity contribution in [2.45, 2.75) is 13.2 Å².